The Balaban J connectivity index is 2.44. The maximum Gasteiger partial charge on any atom is 0.331 e. The third-order valence-corrected chi connectivity index (χ3v) is 2.17. The van der Waals surface area contributed by atoms with Gasteiger partial charge in [0.05, 0.1) is 12.3 Å². The number of nitrogens with one attached hydrogen (secondary N) is 1. The summed E-state index contributed by atoms with van der Waals surface area (Å²) in [7, 11) is 0. The summed E-state index contributed by atoms with van der Waals surface area (Å²) in [6.45, 7) is 0.820. The fraction of sp³-hybridized carbons (Fsp3) is 0.231. The molecule has 19 heavy (non-hydrogen) atoms. The highest BCUT2D eigenvalue weighted by Crippen LogP contribution is 2.03. The first-order valence-corrected chi connectivity index (χ1v) is 5.40. The number of ether oxygens (including phenoxy) is 1. The van der Waals surface area contributed by atoms with E-state index in [1.165, 1.54) is 19.3 Å². The molecule has 1 aromatic heterocycles. The smallest absolute Gasteiger partial charge is 0.331 e. The molecule has 0 saturated carbocycles. The Hall–Kier alpha value is -2.68. The van der Waals surface area contributed by atoms with Crippen LogP contribution in [0.5, 0.6) is 0 Å². The van der Waals surface area contributed by atoms with Gasteiger partial charge >= 0.3 is 5.97 Å². The summed E-state index contributed by atoms with van der Waals surface area (Å²) >= 11 is 0. The van der Waals surface area contributed by atoms with E-state index in [1.54, 1.807) is 18.2 Å². The van der Waals surface area contributed by atoms with Crippen LogP contribution in [-0.4, -0.2) is 24.1 Å². The average molecular weight is 260 g/mol. The van der Waals surface area contributed by atoms with Crippen molar-refractivity contribution in [3.63, 3.8) is 0 Å². The highest BCUT2D eigenvalue weighted by molar-refractivity contribution is 6.06. The topological polar surface area (TPSA) is 104 Å². The molecule has 0 fully saturated rings. The molecule has 1 atom stereocenters. The summed E-state index contributed by atoms with van der Waals surface area (Å²) in [6, 6.07) is 5.00. The third kappa shape index (κ3) is 4.60. The zero-order chi connectivity index (χ0) is 14.3. The molecule has 0 aliphatic heterocycles. The van der Waals surface area contributed by atoms with Gasteiger partial charge in [-0.25, -0.2) is 4.79 Å². The van der Waals surface area contributed by atoms with Gasteiger partial charge in [0.25, 0.3) is 0 Å². The lowest BCUT2D eigenvalue weighted by molar-refractivity contribution is -0.143. The Morgan fingerprint density at radius 3 is 2.89 bits per heavy atom. The standard InChI is InChI=1S/C13H12N2O4/c1-9(15)11(7-14)12(16)8-19-13(17)5-4-10-3-2-6-18-10/h2-6,11,15H,8H2,1H3/b5-4+,15-9?. The van der Waals surface area contributed by atoms with E-state index in [0.29, 0.717) is 5.76 Å². The van der Waals surface area contributed by atoms with Crippen LogP contribution in [0.15, 0.2) is 28.9 Å². The lowest BCUT2D eigenvalue weighted by Gasteiger charge is -2.05. The lowest BCUT2D eigenvalue weighted by atomic mass is 10.0. The quantitative estimate of drug-likeness (QED) is 0.475. The fourth-order valence-corrected chi connectivity index (χ4v) is 1.22. The summed E-state index contributed by atoms with van der Waals surface area (Å²) < 4.78 is 9.63. The molecular weight excluding hydrogens is 248 g/mol. The summed E-state index contributed by atoms with van der Waals surface area (Å²) in [5, 5.41) is 15.9. The maximum absolute atomic E-state index is 11.5. The number of rotatable bonds is 6. The van der Waals surface area contributed by atoms with Gasteiger partial charge in [0.15, 0.2) is 12.4 Å². The number of nitriles is 1. The Morgan fingerprint density at radius 1 is 1.63 bits per heavy atom. The predicted octanol–water partition coefficient (Wildman–Crippen LogP) is 1.58. The van der Waals surface area contributed by atoms with E-state index in [0.717, 1.165) is 6.08 Å². The number of Topliss-reactive ketones (excluding diaryl/α,β-unsaturated/α-hetero) is 1. The highest BCUT2D eigenvalue weighted by Gasteiger charge is 2.20. The first-order valence-electron chi connectivity index (χ1n) is 5.40. The molecule has 0 bridgehead atoms. The molecule has 1 rings (SSSR count). The van der Waals surface area contributed by atoms with Gasteiger partial charge in [-0.05, 0) is 25.1 Å². The second-order valence-corrected chi connectivity index (χ2v) is 3.67. The number of ketones is 1. The summed E-state index contributed by atoms with van der Waals surface area (Å²) in [4.78, 5) is 22.8. The second-order valence-electron chi connectivity index (χ2n) is 3.67. The van der Waals surface area contributed by atoms with Crippen LogP contribution in [0, 0.1) is 22.7 Å². The Kier molecular flexibility index (Phi) is 5.23. The third-order valence-electron chi connectivity index (χ3n) is 2.17. The minimum absolute atomic E-state index is 0.0744. The zero-order valence-corrected chi connectivity index (χ0v) is 10.3. The number of carbonyl (C=O) groups is 2. The van der Waals surface area contributed by atoms with Crippen LogP contribution in [0.1, 0.15) is 12.7 Å². The van der Waals surface area contributed by atoms with E-state index in [-0.39, 0.29) is 5.71 Å². The van der Waals surface area contributed by atoms with Crippen LogP contribution >= 0.6 is 0 Å². The molecule has 1 heterocycles. The molecule has 0 amide bonds. The number of hydrogen-bond acceptors (Lipinski definition) is 6. The van der Waals surface area contributed by atoms with E-state index in [1.807, 2.05) is 0 Å². The molecule has 0 aromatic carbocycles. The predicted molar refractivity (Wildman–Crippen MR) is 66.2 cm³/mol. The monoisotopic (exact) mass is 260 g/mol. The van der Waals surface area contributed by atoms with Crippen LogP contribution in [0.4, 0.5) is 0 Å². The largest absolute Gasteiger partial charge is 0.465 e. The second kappa shape index (κ2) is 6.91. The van der Waals surface area contributed by atoms with Crippen molar-refractivity contribution >= 4 is 23.5 Å². The average Bonchev–Trinajstić information content (AvgIpc) is 2.87. The summed E-state index contributed by atoms with van der Waals surface area (Å²) in [5.41, 5.74) is -0.0744. The first kappa shape index (κ1) is 14.4. The Bertz CT molecular complexity index is 537. The van der Waals surface area contributed by atoms with E-state index >= 15 is 0 Å². The minimum Gasteiger partial charge on any atom is -0.465 e. The Morgan fingerprint density at radius 2 is 2.37 bits per heavy atom. The molecule has 0 radical (unpaired) electrons. The van der Waals surface area contributed by atoms with Gasteiger partial charge in [0.2, 0.25) is 0 Å². The molecule has 1 N–H and O–H groups in total. The van der Waals surface area contributed by atoms with Gasteiger partial charge in [-0.15, -0.1) is 0 Å². The van der Waals surface area contributed by atoms with E-state index in [4.69, 9.17) is 15.1 Å². The minimum atomic E-state index is -1.16. The van der Waals surface area contributed by atoms with Crippen molar-refractivity contribution in [2.24, 2.45) is 5.92 Å². The zero-order valence-electron chi connectivity index (χ0n) is 10.3. The maximum atomic E-state index is 11.5. The molecule has 6 nitrogen and oxygen atoms in total. The van der Waals surface area contributed by atoms with Crippen molar-refractivity contribution in [2.75, 3.05) is 6.61 Å². The van der Waals surface area contributed by atoms with Gasteiger partial charge in [-0.2, -0.15) is 5.26 Å². The van der Waals surface area contributed by atoms with Crippen LogP contribution in [0.3, 0.4) is 0 Å². The van der Waals surface area contributed by atoms with Crippen LogP contribution in [0.2, 0.25) is 0 Å². The number of hydrogen-bond donors (Lipinski definition) is 1. The van der Waals surface area contributed by atoms with Crippen LogP contribution < -0.4 is 0 Å². The number of furan rings is 1. The van der Waals surface area contributed by atoms with E-state index < -0.39 is 24.3 Å². The SMILES string of the molecule is CC(=N)C(C#N)C(=O)COC(=O)/C=C/c1ccco1. The molecule has 98 valence electrons. The van der Waals surface area contributed by atoms with Gasteiger partial charge in [0.1, 0.15) is 11.7 Å². The Labute approximate surface area is 109 Å². The first-order chi connectivity index (χ1) is 9.04. The van der Waals surface area contributed by atoms with E-state index in [9.17, 15) is 9.59 Å². The highest BCUT2D eigenvalue weighted by atomic mass is 16.5. The van der Waals surface area contributed by atoms with Gasteiger partial charge in [-0.1, -0.05) is 0 Å². The summed E-state index contributed by atoms with van der Waals surface area (Å²) in [6.07, 6.45) is 3.97. The molecule has 1 aromatic rings. The number of esters is 1. The molecule has 6 heteroatoms. The molecule has 0 saturated heterocycles. The molecule has 1 unspecified atom stereocenters. The lowest BCUT2D eigenvalue weighted by Crippen LogP contribution is -2.25. The van der Waals surface area contributed by atoms with Crippen molar-refractivity contribution in [3.05, 3.63) is 30.2 Å². The normalized spacial score (nSPS) is 11.8. The van der Waals surface area contributed by atoms with Gasteiger partial charge < -0.3 is 14.6 Å². The summed E-state index contributed by atoms with van der Waals surface area (Å²) in [5.74, 6) is -2.02. The van der Waals surface area contributed by atoms with Crippen molar-refractivity contribution in [2.45, 2.75) is 6.92 Å². The molecular formula is C13H12N2O4. The molecule has 0 aliphatic rings. The van der Waals surface area contributed by atoms with Crippen LogP contribution in [0.25, 0.3) is 6.08 Å². The number of nitrogens with zero attached hydrogens (tertiary/aromatic N) is 1. The van der Waals surface area contributed by atoms with Gasteiger partial charge in [0, 0.05) is 11.8 Å². The van der Waals surface area contributed by atoms with Crippen LogP contribution in [-0.2, 0) is 14.3 Å². The van der Waals surface area contributed by atoms with Crippen molar-refractivity contribution in [1.29, 1.82) is 10.7 Å². The molecule has 0 aliphatic carbocycles. The fourth-order valence-electron chi connectivity index (χ4n) is 1.22. The van der Waals surface area contributed by atoms with Gasteiger partial charge in [-0.3, -0.25) is 4.79 Å². The molecule has 0 spiro atoms. The van der Waals surface area contributed by atoms with Crippen molar-refractivity contribution in [3.8, 4) is 6.07 Å². The van der Waals surface area contributed by atoms with Crippen molar-refractivity contribution < 1.29 is 18.7 Å². The van der Waals surface area contributed by atoms with Crippen molar-refractivity contribution in [1.82, 2.24) is 0 Å². The number of carbonyl (C=O) groups excluding carboxylic acids is 2. The van der Waals surface area contributed by atoms with E-state index in [2.05, 4.69) is 4.74 Å².